The molecule has 5 heteroatoms. The second kappa shape index (κ2) is 4.76. The SMILES string of the molecule is COc1ccc2nc(SC[C@H](C)N)[nH]c2c1. The molecule has 1 aromatic carbocycles. The summed E-state index contributed by atoms with van der Waals surface area (Å²) in [6, 6.07) is 5.97. The van der Waals surface area contributed by atoms with E-state index in [0.717, 1.165) is 27.7 Å². The maximum Gasteiger partial charge on any atom is 0.166 e. The molecule has 0 spiro atoms. The molecule has 0 bridgehead atoms. The Labute approximate surface area is 98.6 Å². The zero-order chi connectivity index (χ0) is 11.5. The summed E-state index contributed by atoms with van der Waals surface area (Å²) in [6.07, 6.45) is 0. The standard InChI is InChI=1S/C11H15N3OS/c1-7(12)6-16-11-13-9-4-3-8(15-2)5-10(9)14-11/h3-5,7H,6,12H2,1-2H3,(H,13,14)/t7-/m0/s1. The van der Waals surface area contributed by atoms with Gasteiger partial charge in [-0.15, -0.1) is 0 Å². The first-order valence-electron chi connectivity index (χ1n) is 5.11. The number of thioether (sulfide) groups is 1. The molecular formula is C11H15N3OS. The molecule has 1 aromatic heterocycles. The molecule has 2 rings (SSSR count). The van der Waals surface area contributed by atoms with Gasteiger partial charge in [0.25, 0.3) is 0 Å². The van der Waals surface area contributed by atoms with Crippen molar-refractivity contribution in [2.75, 3.05) is 12.9 Å². The molecule has 0 saturated heterocycles. The fraction of sp³-hybridized carbons (Fsp3) is 0.364. The first kappa shape index (κ1) is 11.3. The van der Waals surface area contributed by atoms with Crippen molar-refractivity contribution in [1.82, 2.24) is 9.97 Å². The first-order valence-corrected chi connectivity index (χ1v) is 6.09. The van der Waals surface area contributed by atoms with Crippen molar-refractivity contribution in [2.45, 2.75) is 18.1 Å². The molecule has 0 amide bonds. The summed E-state index contributed by atoms with van der Waals surface area (Å²) >= 11 is 1.64. The molecular weight excluding hydrogens is 222 g/mol. The van der Waals surface area contributed by atoms with E-state index < -0.39 is 0 Å². The number of H-pyrrole nitrogens is 1. The number of fused-ring (bicyclic) bond motifs is 1. The number of aromatic amines is 1. The predicted octanol–water partition coefficient (Wildman–Crippen LogP) is 2.01. The van der Waals surface area contributed by atoms with Crippen molar-refractivity contribution >= 4 is 22.8 Å². The normalized spacial score (nSPS) is 12.9. The Hall–Kier alpha value is -1.20. The summed E-state index contributed by atoms with van der Waals surface area (Å²) in [5.41, 5.74) is 7.64. The second-order valence-electron chi connectivity index (χ2n) is 3.71. The van der Waals surface area contributed by atoms with Crippen LogP contribution in [0.3, 0.4) is 0 Å². The van der Waals surface area contributed by atoms with E-state index in [1.54, 1.807) is 18.9 Å². The zero-order valence-corrected chi connectivity index (χ0v) is 10.2. The van der Waals surface area contributed by atoms with E-state index in [-0.39, 0.29) is 6.04 Å². The molecule has 0 aliphatic carbocycles. The highest BCUT2D eigenvalue weighted by Crippen LogP contribution is 2.23. The monoisotopic (exact) mass is 237 g/mol. The molecule has 86 valence electrons. The minimum atomic E-state index is 0.174. The molecule has 0 aliphatic heterocycles. The molecule has 0 fully saturated rings. The van der Waals surface area contributed by atoms with Crippen LogP contribution < -0.4 is 10.5 Å². The third-order valence-electron chi connectivity index (χ3n) is 2.15. The number of ether oxygens (including phenoxy) is 1. The Morgan fingerprint density at radius 2 is 2.38 bits per heavy atom. The third kappa shape index (κ3) is 2.48. The van der Waals surface area contributed by atoms with E-state index in [4.69, 9.17) is 10.5 Å². The number of nitrogens with one attached hydrogen (secondary N) is 1. The Morgan fingerprint density at radius 3 is 3.06 bits per heavy atom. The fourth-order valence-electron chi connectivity index (χ4n) is 1.37. The molecule has 2 aromatic rings. The highest BCUT2D eigenvalue weighted by atomic mass is 32.2. The van der Waals surface area contributed by atoms with Gasteiger partial charge in [0.2, 0.25) is 0 Å². The molecule has 4 nitrogen and oxygen atoms in total. The van der Waals surface area contributed by atoms with Crippen molar-refractivity contribution in [1.29, 1.82) is 0 Å². The summed E-state index contributed by atoms with van der Waals surface area (Å²) < 4.78 is 5.16. The quantitative estimate of drug-likeness (QED) is 0.798. The molecule has 0 aliphatic rings. The molecule has 0 unspecified atom stereocenters. The highest BCUT2D eigenvalue weighted by Gasteiger charge is 2.05. The van der Waals surface area contributed by atoms with Gasteiger partial charge in [0, 0.05) is 17.9 Å². The van der Waals surface area contributed by atoms with Gasteiger partial charge in [0.05, 0.1) is 18.1 Å². The van der Waals surface area contributed by atoms with Gasteiger partial charge in [-0.2, -0.15) is 0 Å². The molecule has 3 N–H and O–H groups in total. The Kier molecular flexibility index (Phi) is 3.36. The molecule has 0 radical (unpaired) electrons. The van der Waals surface area contributed by atoms with Crippen LogP contribution in [-0.2, 0) is 0 Å². The summed E-state index contributed by atoms with van der Waals surface area (Å²) in [6.45, 7) is 1.98. The van der Waals surface area contributed by atoms with Gasteiger partial charge in [-0.3, -0.25) is 0 Å². The lowest BCUT2D eigenvalue weighted by atomic mass is 10.3. The van der Waals surface area contributed by atoms with Crippen LogP contribution in [-0.4, -0.2) is 28.9 Å². The van der Waals surface area contributed by atoms with Crippen LogP contribution >= 0.6 is 11.8 Å². The van der Waals surface area contributed by atoms with Gasteiger partial charge in [0.15, 0.2) is 5.16 Å². The van der Waals surface area contributed by atoms with Gasteiger partial charge >= 0.3 is 0 Å². The van der Waals surface area contributed by atoms with E-state index >= 15 is 0 Å². The van der Waals surface area contributed by atoms with Gasteiger partial charge in [-0.25, -0.2) is 4.98 Å². The highest BCUT2D eigenvalue weighted by molar-refractivity contribution is 7.99. The summed E-state index contributed by atoms with van der Waals surface area (Å²) in [7, 11) is 1.66. The maximum atomic E-state index is 5.70. The number of hydrogen-bond acceptors (Lipinski definition) is 4. The molecule has 16 heavy (non-hydrogen) atoms. The summed E-state index contributed by atoms with van der Waals surface area (Å²) in [5.74, 6) is 1.69. The van der Waals surface area contributed by atoms with Crippen molar-refractivity contribution in [2.24, 2.45) is 5.73 Å². The lowest BCUT2D eigenvalue weighted by Crippen LogP contribution is -2.17. The number of rotatable bonds is 4. The van der Waals surface area contributed by atoms with Crippen molar-refractivity contribution < 1.29 is 4.74 Å². The molecule has 1 heterocycles. The van der Waals surface area contributed by atoms with Crippen molar-refractivity contribution in [3.05, 3.63) is 18.2 Å². The number of hydrogen-bond donors (Lipinski definition) is 2. The van der Waals surface area contributed by atoms with Crippen LogP contribution in [0.4, 0.5) is 0 Å². The minimum absolute atomic E-state index is 0.174. The minimum Gasteiger partial charge on any atom is -0.497 e. The lowest BCUT2D eigenvalue weighted by Gasteiger charge is -2.00. The van der Waals surface area contributed by atoms with Crippen LogP contribution in [0.1, 0.15) is 6.92 Å². The second-order valence-corrected chi connectivity index (χ2v) is 4.72. The number of aromatic nitrogens is 2. The molecule has 1 atom stereocenters. The lowest BCUT2D eigenvalue weighted by molar-refractivity contribution is 0.415. The van der Waals surface area contributed by atoms with Crippen LogP contribution in [0, 0.1) is 0 Å². The van der Waals surface area contributed by atoms with E-state index in [2.05, 4.69) is 9.97 Å². The van der Waals surface area contributed by atoms with E-state index in [1.807, 2.05) is 25.1 Å². The largest absolute Gasteiger partial charge is 0.497 e. The van der Waals surface area contributed by atoms with Crippen LogP contribution in [0.5, 0.6) is 5.75 Å². The molecule has 0 saturated carbocycles. The number of nitrogens with two attached hydrogens (primary N) is 1. The average molecular weight is 237 g/mol. The average Bonchev–Trinajstić information content (AvgIpc) is 2.67. The Bertz CT molecular complexity index is 481. The number of nitrogens with zero attached hydrogens (tertiary/aromatic N) is 1. The number of methoxy groups -OCH3 is 1. The first-order chi connectivity index (χ1) is 7.69. The Morgan fingerprint density at radius 1 is 1.56 bits per heavy atom. The van der Waals surface area contributed by atoms with Gasteiger partial charge in [-0.05, 0) is 19.1 Å². The van der Waals surface area contributed by atoms with Crippen molar-refractivity contribution in [3.8, 4) is 5.75 Å². The van der Waals surface area contributed by atoms with Crippen LogP contribution in [0.2, 0.25) is 0 Å². The van der Waals surface area contributed by atoms with Gasteiger partial charge in [0.1, 0.15) is 5.75 Å². The fourth-order valence-corrected chi connectivity index (χ4v) is 2.14. The maximum absolute atomic E-state index is 5.70. The van der Waals surface area contributed by atoms with Crippen LogP contribution in [0.25, 0.3) is 11.0 Å². The van der Waals surface area contributed by atoms with Gasteiger partial charge in [-0.1, -0.05) is 11.8 Å². The topological polar surface area (TPSA) is 63.9 Å². The predicted molar refractivity (Wildman–Crippen MR) is 67.0 cm³/mol. The van der Waals surface area contributed by atoms with Gasteiger partial charge < -0.3 is 15.5 Å². The summed E-state index contributed by atoms with van der Waals surface area (Å²) in [5, 5.41) is 0.903. The summed E-state index contributed by atoms with van der Waals surface area (Å²) in [4.78, 5) is 7.70. The smallest absolute Gasteiger partial charge is 0.166 e. The third-order valence-corrected chi connectivity index (χ3v) is 3.31. The number of imidazole rings is 1. The van der Waals surface area contributed by atoms with Crippen LogP contribution in [0.15, 0.2) is 23.4 Å². The Balaban J connectivity index is 2.22. The van der Waals surface area contributed by atoms with E-state index in [0.29, 0.717) is 0 Å². The van der Waals surface area contributed by atoms with E-state index in [1.165, 1.54) is 0 Å². The van der Waals surface area contributed by atoms with E-state index in [9.17, 15) is 0 Å². The van der Waals surface area contributed by atoms with Crippen molar-refractivity contribution in [3.63, 3.8) is 0 Å². The zero-order valence-electron chi connectivity index (χ0n) is 9.36. The number of benzene rings is 1.